The van der Waals surface area contributed by atoms with Crippen molar-refractivity contribution in [3.8, 4) is 0 Å². The molecule has 0 radical (unpaired) electrons. The van der Waals surface area contributed by atoms with Gasteiger partial charge in [0.15, 0.2) is 0 Å². The van der Waals surface area contributed by atoms with Gasteiger partial charge in [-0.05, 0) is 42.8 Å². The van der Waals surface area contributed by atoms with Gasteiger partial charge in [-0.25, -0.2) is 0 Å². The summed E-state index contributed by atoms with van der Waals surface area (Å²) >= 11 is 1.54. The number of carbonyl (C=O) groups excluding carboxylic acids is 1. The molecule has 0 spiro atoms. The fraction of sp³-hybridized carbons (Fsp3) is 0.125. The number of aryl methyl sites for hydroxylation is 1. The number of nitrogens with one attached hydrogen (secondary N) is 1. The highest BCUT2D eigenvalue weighted by atomic mass is 32.1. The first-order valence-corrected chi connectivity index (χ1v) is 7.33. The fourth-order valence-electron chi connectivity index (χ4n) is 2.09. The molecule has 1 N–H and O–H groups in total. The highest BCUT2D eigenvalue weighted by Crippen LogP contribution is 2.23. The summed E-state index contributed by atoms with van der Waals surface area (Å²) < 4.78 is 0. The van der Waals surface area contributed by atoms with Crippen LogP contribution in [0.4, 0.5) is 5.69 Å². The Balaban J connectivity index is 1.91. The Labute approximate surface area is 121 Å². The number of anilines is 1. The zero-order valence-corrected chi connectivity index (χ0v) is 11.9. The normalized spacial score (nSPS) is 10.7. The van der Waals surface area contributed by atoms with Crippen LogP contribution in [0.1, 0.15) is 21.5 Å². The first-order chi connectivity index (χ1) is 9.78. The van der Waals surface area contributed by atoms with Crippen LogP contribution >= 0.6 is 11.3 Å². The Bertz CT molecular complexity index is 759. The monoisotopic (exact) mass is 282 g/mol. The van der Waals surface area contributed by atoms with Gasteiger partial charge >= 0.3 is 0 Å². The molecule has 0 saturated carbocycles. The maximum atomic E-state index is 12.3. The number of nitrogens with zero attached hydrogens (tertiary/aromatic N) is 1. The number of benzene rings is 1. The van der Waals surface area contributed by atoms with E-state index in [1.54, 1.807) is 6.20 Å². The van der Waals surface area contributed by atoms with Crippen molar-refractivity contribution in [2.45, 2.75) is 13.3 Å². The van der Waals surface area contributed by atoms with E-state index < -0.39 is 0 Å². The van der Waals surface area contributed by atoms with E-state index >= 15 is 0 Å². The molecule has 2 aromatic heterocycles. The van der Waals surface area contributed by atoms with Gasteiger partial charge in [0.25, 0.3) is 5.91 Å². The van der Waals surface area contributed by atoms with Crippen molar-refractivity contribution in [1.29, 1.82) is 0 Å². The van der Waals surface area contributed by atoms with E-state index in [9.17, 15) is 4.79 Å². The zero-order chi connectivity index (χ0) is 13.9. The van der Waals surface area contributed by atoms with Crippen molar-refractivity contribution in [2.75, 3.05) is 5.32 Å². The van der Waals surface area contributed by atoms with E-state index in [4.69, 9.17) is 0 Å². The number of thiophene rings is 1. The van der Waals surface area contributed by atoms with Gasteiger partial charge in [-0.2, -0.15) is 0 Å². The van der Waals surface area contributed by atoms with Gasteiger partial charge in [0, 0.05) is 16.5 Å². The number of fused-ring (bicyclic) bond motifs is 1. The lowest BCUT2D eigenvalue weighted by molar-refractivity contribution is 0.103. The fourth-order valence-corrected chi connectivity index (χ4v) is 2.93. The van der Waals surface area contributed by atoms with E-state index in [2.05, 4.69) is 17.2 Å². The van der Waals surface area contributed by atoms with Crippen LogP contribution in [0.25, 0.3) is 10.9 Å². The SMILES string of the molecule is CCc1ccc(C(=O)Nc2cccc3ncccc23)s1. The lowest BCUT2D eigenvalue weighted by Gasteiger charge is -2.07. The molecule has 0 saturated heterocycles. The highest BCUT2D eigenvalue weighted by molar-refractivity contribution is 7.14. The Morgan fingerprint density at radius 2 is 2.10 bits per heavy atom. The number of aromatic nitrogens is 1. The molecule has 0 unspecified atom stereocenters. The third-order valence-electron chi connectivity index (χ3n) is 3.13. The first-order valence-electron chi connectivity index (χ1n) is 6.51. The Morgan fingerprint density at radius 1 is 1.20 bits per heavy atom. The van der Waals surface area contributed by atoms with Crippen LogP contribution < -0.4 is 5.32 Å². The quantitative estimate of drug-likeness (QED) is 0.785. The summed E-state index contributed by atoms with van der Waals surface area (Å²) in [5.74, 6) is -0.0638. The molecule has 0 aliphatic heterocycles. The van der Waals surface area contributed by atoms with Crippen LogP contribution in [0, 0.1) is 0 Å². The topological polar surface area (TPSA) is 42.0 Å². The van der Waals surface area contributed by atoms with Crippen LogP contribution in [0.2, 0.25) is 0 Å². The van der Waals surface area contributed by atoms with E-state index in [1.807, 2.05) is 42.5 Å². The second-order valence-electron chi connectivity index (χ2n) is 4.45. The highest BCUT2D eigenvalue weighted by Gasteiger charge is 2.10. The molecule has 20 heavy (non-hydrogen) atoms. The van der Waals surface area contributed by atoms with E-state index in [0.717, 1.165) is 27.9 Å². The predicted octanol–water partition coefficient (Wildman–Crippen LogP) is 4.11. The summed E-state index contributed by atoms with van der Waals surface area (Å²) in [4.78, 5) is 18.5. The molecular formula is C16H14N2OS. The largest absolute Gasteiger partial charge is 0.321 e. The van der Waals surface area contributed by atoms with Crippen molar-refractivity contribution in [2.24, 2.45) is 0 Å². The van der Waals surface area contributed by atoms with E-state index in [0.29, 0.717) is 0 Å². The molecule has 0 aliphatic carbocycles. The summed E-state index contributed by atoms with van der Waals surface area (Å²) in [6.07, 6.45) is 2.71. The Morgan fingerprint density at radius 3 is 2.90 bits per heavy atom. The minimum atomic E-state index is -0.0638. The second kappa shape index (κ2) is 5.43. The van der Waals surface area contributed by atoms with Gasteiger partial charge < -0.3 is 5.32 Å². The zero-order valence-electron chi connectivity index (χ0n) is 11.1. The molecule has 3 nitrogen and oxygen atoms in total. The van der Waals surface area contributed by atoms with Crippen LogP contribution in [0.3, 0.4) is 0 Å². The molecule has 2 heterocycles. The number of hydrogen-bond donors (Lipinski definition) is 1. The standard InChI is InChI=1S/C16H14N2OS/c1-2-11-8-9-15(20-11)16(19)18-14-7-3-6-13-12(14)5-4-10-17-13/h3-10H,2H2,1H3,(H,18,19). The maximum Gasteiger partial charge on any atom is 0.265 e. The Kier molecular flexibility index (Phi) is 3.48. The minimum absolute atomic E-state index is 0.0638. The summed E-state index contributed by atoms with van der Waals surface area (Å²) in [5.41, 5.74) is 1.68. The van der Waals surface area contributed by atoms with Crippen molar-refractivity contribution >= 4 is 33.8 Å². The van der Waals surface area contributed by atoms with Crippen LogP contribution in [-0.4, -0.2) is 10.9 Å². The lowest BCUT2D eigenvalue weighted by atomic mass is 10.2. The van der Waals surface area contributed by atoms with Gasteiger partial charge in [0.1, 0.15) is 0 Å². The summed E-state index contributed by atoms with van der Waals surface area (Å²) in [5, 5.41) is 3.92. The molecule has 1 amide bonds. The molecule has 4 heteroatoms. The average molecular weight is 282 g/mol. The molecule has 0 aliphatic rings. The summed E-state index contributed by atoms with van der Waals surface area (Å²) in [6, 6.07) is 13.5. The molecule has 0 atom stereocenters. The number of carbonyl (C=O) groups is 1. The Hall–Kier alpha value is -2.20. The summed E-state index contributed by atoms with van der Waals surface area (Å²) in [7, 11) is 0. The average Bonchev–Trinajstić information content (AvgIpc) is 2.97. The van der Waals surface area contributed by atoms with Crippen molar-refractivity contribution in [3.63, 3.8) is 0 Å². The second-order valence-corrected chi connectivity index (χ2v) is 5.62. The third-order valence-corrected chi connectivity index (χ3v) is 4.36. The number of rotatable bonds is 3. The number of hydrogen-bond acceptors (Lipinski definition) is 3. The predicted molar refractivity (Wildman–Crippen MR) is 83.4 cm³/mol. The van der Waals surface area contributed by atoms with E-state index in [1.165, 1.54) is 16.2 Å². The molecular weight excluding hydrogens is 268 g/mol. The van der Waals surface area contributed by atoms with Crippen molar-refractivity contribution in [3.05, 3.63) is 58.4 Å². The minimum Gasteiger partial charge on any atom is -0.321 e. The molecule has 3 aromatic rings. The van der Waals surface area contributed by atoms with Gasteiger partial charge in [0.05, 0.1) is 16.1 Å². The van der Waals surface area contributed by atoms with Gasteiger partial charge in [0.2, 0.25) is 0 Å². The molecule has 0 bridgehead atoms. The van der Waals surface area contributed by atoms with Crippen LogP contribution in [0.15, 0.2) is 48.7 Å². The third kappa shape index (κ3) is 2.42. The molecule has 0 fully saturated rings. The molecule has 100 valence electrons. The van der Waals surface area contributed by atoms with Crippen LogP contribution in [-0.2, 0) is 6.42 Å². The maximum absolute atomic E-state index is 12.3. The summed E-state index contributed by atoms with van der Waals surface area (Å²) in [6.45, 7) is 2.09. The number of amides is 1. The first kappa shape index (κ1) is 12.8. The lowest BCUT2D eigenvalue weighted by Crippen LogP contribution is -2.10. The molecule has 1 aromatic carbocycles. The smallest absolute Gasteiger partial charge is 0.265 e. The number of pyridine rings is 1. The van der Waals surface area contributed by atoms with E-state index in [-0.39, 0.29) is 5.91 Å². The van der Waals surface area contributed by atoms with Crippen LogP contribution in [0.5, 0.6) is 0 Å². The van der Waals surface area contributed by atoms with Crippen molar-refractivity contribution in [1.82, 2.24) is 4.98 Å². The van der Waals surface area contributed by atoms with Gasteiger partial charge in [-0.1, -0.05) is 13.0 Å². The van der Waals surface area contributed by atoms with Gasteiger partial charge in [-0.3, -0.25) is 9.78 Å². The van der Waals surface area contributed by atoms with Gasteiger partial charge in [-0.15, -0.1) is 11.3 Å². The molecule has 3 rings (SSSR count). The van der Waals surface area contributed by atoms with Crippen molar-refractivity contribution < 1.29 is 4.79 Å².